The van der Waals surface area contributed by atoms with Crippen molar-refractivity contribution in [3.8, 4) is 0 Å². The average Bonchev–Trinajstić information content (AvgIpc) is 2.76. The molecular formula is C22H26ClN3O4S. The second kappa shape index (κ2) is 9.70. The smallest absolute Gasteiger partial charge is 0.262 e. The summed E-state index contributed by atoms with van der Waals surface area (Å²) in [5.74, 6) is -0.515. The number of carbonyl (C=O) groups is 2. The number of carbonyl (C=O) groups excluding carboxylic acids is 2. The van der Waals surface area contributed by atoms with Crippen LogP contribution in [0.4, 0.5) is 11.4 Å². The quantitative estimate of drug-likeness (QED) is 0.675. The van der Waals surface area contributed by atoms with Gasteiger partial charge in [-0.1, -0.05) is 36.7 Å². The van der Waals surface area contributed by atoms with E-state index in [9.17, 15) is 18.0 Å². The maximum absolute atomic E-state index is 12.9. The number of rotatable bonds is 6. The number of halogens is 1. The van der Waals surface area contributed by atoms with Gasteiger partial charge < -0.3 is 10.2 Å². The number of para-hydroxylation sites is 1. The molecule has 0 spiro atoms. The van der Waals surface area contributed by atoms with Gasteiger partial charge in [-0.25, -0.2) is 8.42 Å². The molecule has 1 fully saturated rings. The highest BCUT2D eigenvalue weighted by Crippen LogP contribution is 2.27. The molecule has 0 aliphatic carbocycles. The zero-order valence-corrected chi connectivity index (χ0v) is 19.1. The Hall–Kier alpha value is -2.58. The van der Waals surface area contributed by atoms with Gasteiger partial charge in [0.2, 0.25) is 11.8 Å². The molecule has 166 valence electrons. The summed E-state index contributed by atoms with van der Waals surface area (Å²) in [4.78, 5) is 26.5. The van der Waals surface area contributed by atoms with Crippen LogP contribution in [0.5, 0.6) is 0 Å². The topological polar surface area (TPSA) is 95.6 Å². The van der Waals surface area contributed by atoms with Crippen LogP contribution >= 0.6 is 11.6 Å². The van der Waals surface area contributed by atoms with E-state index in [0.29, 0.717) is 37.2 Å². The minimum Gasteiger partial charge on any atom is -0.342 e. The molecule has 0 saturated carbocycles. The summed E-state index contributed by atoms with van der Waals surface area (Å²) in [6.45, 7) is 4.53. The van der Waals surface area contributed by atoms with Gasteiger partial charge in [0.25, 0.3) is 10.0 Å². The Morgan fingerprint density at radius 2 is 1.94 bits per heavy atom. The summed E-state index contributed by atoms with van der Waals surface area (Å²) in [6.07, 6.45) is 1.86. The standard InChI is InChI=1S/C22H26ClN3O4S/c1-3-21(27)26-12-6-7-16(14-26)22(28)24-17-11-10-15(2)20(13-17)31(29,30)25-19-9-5-4-8-18(19)23/h4-5,8-11,13,16,25H,3,6-7,12,14H2,1-2H3,(H,24,28). The van der Waals surface area contributed by atoms with Crippen molar-refractivity contribution in [2.24, 2.45) is 5.92 Å². The molecule has 2 aromatic rings. The lowest BCUT2D eigenvalue weighted by molar-refractivity contribution is -0.134. The Balaban J connectivity index is 1.77. The number of nitrogens with one attached hydrogen (secondary N) is 2. The first-order chi connectivity index (χ1) is 14.7. The molecule has 2 amide bonds. The van der Waals surface area contributed by atoms with Gasteiger partial charge in [-0.3, -0.25) is 14.3 Å². The fraction of sp³-hybridized carbons (Fsp3) is 0.364. The van der Waals surface area contributed by atoms with Gasteiger partial charge in [0.15, 0.2) is 0 Å². The van der Waals surface area contributed by atoms with Crippen LogP contribution in [-0.2, 0) is 19.6 Å². The monoisotopic (exact) mass is 463 g/mol. The van der Waals surface area contributed by atoms with Gasteiger partial charge >= 0.3 is 0 Å². The van der Waals surface area contributed by atoms with Crippen LogP contribution < -0.4 is 10.0 Å². The third kappa shape index (κ3) is 5.57. The van der Waals surface area contributed by atoms with Gasteiger partial charge in [-0.15, -0.1) is 0 Å². The summed E-state index contributed by atoms with van der Waals surface area (Å²) in [6, 6.07) is 11.3. The van der Waals surface area contributed by atoms with E-state index in [-0.39, 0.29) is 33.3 Å². The molecule has 0 radical (unpaired) electrons. The van der Waals surface area contributed by atoms with E-state index in [1.807, 2.05) is 0 Å². The number of hydrogen-bond acceptors (Lipinski definition) is 4. The summed E-state index contributed by atoms with van der Waals surface area (Å²) in [7, 11) is -3.91. The minimum atomic E-state index is -3.91. The number of hydrogen-bond donors (Lipinski definition) is 2. The first-order valence-corrected chi connectivity index (χ1v) is 12.0. The van der Waals surface area contributed by atoms with Crippen molar-refractivity contribution in [1.82, 2.24) is 4.90 Å². The third-order valence-corrected chi connectivity index (χ3v) is 7.15. The molecule has 1 aliphatic rings. The van der Waals surface area contributed by atoms with E-state index < -0.39 is 10.0 Å². The average molecular weight is 464 g/mol. The van der Waals surface area contributed by atoms with Crippen molar-refractivity contribution in [2.75, 3.05) is 23.1 Å². The van der Waals surface area contributed by atoms with Gasteiger partial charge in [-0.2, -0.15) is 0 Å². The Labute approximate surface area is 187 Å². The highest BCUT2D eigenvalue weighted by atomic mass is 35.5. The first kappa shape index (κ1) is 23.1. The lowest BCUT2D eigenvalue weighted by Crippen LogP contribution is -2.43. The van der Waals surface area contributed by atoms with Gasteiger partial charge in [0.1, 0.15) is 0 Å². The van der Waals surface area contributed by atoms with Crippen molar-refractivity contribution in [3.05, 3.63) is 53.1 Å². The zero-order chi connectivity index (χ0) is 22.6. The SMILES string of the molecule is CCC(=O)N1CCCC(C(=O)Nc2ccc(C)c(S(=O)(=O)Nc3ccccc3Cl)c2)C1. The lowest BCUT2D eigenvalue weighted by Gasteiger charge is -2.32. The Kier molecular flexibility index (Phi) is 7.23. The third-order valence-electron chi connectivity index (χ3n) is 5.31. The Bertz CT molecular complexity index is 1090. The zero-order valence-electron chi connectivity index (χ0n) is 17.5. The second-order valence-electron chi connectivity index (χ2n) is 7.59. The van der Waals surface area contributed by atoms with Crippen LogP contribution in [0.3, 0.4) is 0 Å². The molecule has 9 heteroatoms. The van der Waals surface area contributed by atoms with Gasteiger partial charge in [0, 0.05) is 25.2 Å². The van der Waals surface area contributed by atoms with Crippen LogP contribution in [0, 0.1) is 12.8 Å². The number of anilines is 2. The van der Waals surface area contributed by atoms with E-state index in [4.69, 9.17) is 11.6 Å². The van der Waals surface area contributed by atoms with Crippen molar-refractivity contribution in [2.45, 2.75) is 38.0 Å². The van der Waals surface area contributed by atoms with Gasteiger partial charge in [-0.05, 0) is 49.6 Å². The molecule has 3 rings (SSSR count). The van der Waals surface area contributed by atoms with Crippen LogP contribution in [0.1, 0.15) is 31.7 Å². The summed E-state index contributed by atoms with van der Waals surface area (Å²) in [5, 5.41) is 3.10. The molecule has 2 aromatic carbocycles. The first-order valence-electron chi connectivity index (χ1n) is 10.2. The number of piperidine rings is 1. The van der Waals surface area contributed by atoms with Crippen molar-refractivity contribution >= 4 is 44.8 Å². The fourth-order valence-electron chi connectivity index (χ4n) is 3.60. The molecule has 1 aliphatic heterocycles. The molecule has 1 unspecified atom stereocenters. The predicted molar refractivity (Wildman–Crippen MR) is 122 cm³/mol. The molecular weight excluding hydrogens is 438 g/mol. The largest absolute Gasteiger partial charge is 0.342 e. The number of aryl methyl sites for hydroxylation is 1. The second-order valence-corrected chi connectivity index (χ2v) is 9.65. The lowest BCUT2D eigenvalue weighted by atomic mass is 9.96. The number of amides is 2. The minimum absolute atomic E-state index is 0.0341. The summed E-state index contributed by atoms with van der Waals surface area (Å²) < 4.78 is 28.4. The number of likely N-dealkylation sites (tertiary alicyclic amines) is 1. The van der Waals surface area contributed by atoms with Crippen LogP contribution in [0.25, 0.3) is 0 Å². The van der Waals surface area contributed by atoms with Crippen molar-refractivity contribution < 1.29 is 18.0 Å². The maximum Gasteiger partial charge on any atom is 0.262 e. The molecule has 0 bridgehead atoms. The maximum atomic E-state index is 12.9. The van der Waals surface area contributed by atoms with Crippen molar-refractivity contribution in [3.63, 3.8) is 0 Å². The number of sulfonamides is 1. The highest BCUT2D eigenvalue weighted by molar-refractivity contribution is 7.92. The van der Waals surface area contributed by atoms with Crippen LogP contribution in [0.15, 0.2) is 47.4 Å². The van der Waals surface area contributed by atoms with Crippen LogP contribution in [-0.4, -0.2) is 38.2 Å². The van der Waals surface area contributed by atoms with E-state index in [2.05, 4.69) is 10.0 Å². The van der Waals surface area contributed by atoms with E-state index in [1.165, 1.54) is 6.07 Å². The summed E-state index contributed by atoms with van der Waals surface area (Å²) >= 11 is 6.08. The molecule has 1 atom stereocenters. The fourth-order valence-corrected chi connectivity index (χ4v) is 5.19. The van der Waals surface area contributed by atoms with Crippen molar-refractivity contribution in [1.29, 1.82) is 0 Å². The van der Waals surface area contributed by atoms with E-state index in [1.54, 1.807) is 55.1 Å². The molecule has 2 N–H and O–H groups in total. The molecule has 31 heavy (non-hydrogen) atoms. The Morgan fingerprint density at radius 1 is 1.19 bits per heavy atom. The molecule has 1 heterocycles. The highest BCUT2D eigenvalue weighted by Gasteiger charge is 2.28. The van der Waals surface area contributed by atoms with E-state index in [0.717, 1.165) is 6.42 Å². The Morgan fingerprint density at radius 3 is 2.65 bits per heavy atom. The van der Waals surface area contributed by atoms with Gasteiger partial charge in [0.05, 0.1) is 21.5 Å². The summed E-state index contributed by atoms with van der Waals surface area (Å²) in [5.41, 5.74) is 1.20. The predicted octanol–water partition coefficient (Wildman–Crippen LogP) is 4.04. The van der Waals surface area contributed by atoms with Crippen LogP contribution in [0.2, 0.25) is 5.02 Å². The number of nitrogens with zero attached hydrogens (tertiary/aromatic N) is 1. The molecule has 0 aromatic heterocycles. The molecule has 7 nitrogen and oxygen atoms in total. The molecule has 1 saturated heterocycles. The normalized spacial score (nSPS) is 16.6. The van der Waals surface area contributed by atoms with E-state index >= 15 is 0 Å². The number of benzene rings is 2.